The van der Waals surface area contributed by atoms with Crippen molar-refractivity contribution in [2.24, 2.45) is 0 Å². The molecule has 0 bridgehead atoms. The minimum absolute atomic E-state index is 0.649. The van der Waals surface area contributed by atoms with Crippen LogP contribution in [0.25, 0.3) is 0 Å². The molecule has 11 heteroatoms. The summed E-state index contributed by atoms with van der Waals surface area (Å²) >= 11 is 0. The SMILES string of the molecule is CNS(=O)(=O)C(C(F)(F)F)S(=O)(=O)Cl. The summed E-state index contributed by atoms with van der Waals surface area (Å²) in [6.07, 6.45) is -5.48. The van der Waals surface area contributed by atoms with Crippen LogP contribution in [0.5, 0.6) is 0 Å². The maximum Gasteiger partial charge on any atom is 0.422 e. The van der Waals surface area contributed by atoms with Crippen molar-refractivity contribution in [1.29, 1.82) is 0 Å². The summed E-state index contributed by atoms with van der Waals surface area (Å²) in [5, 5.41) is 0. The van der Waals surface area contributed by atoms with Gasteiger partial charge < -0.3 is 0 Å². The van der Waals surface area contributed by atoms with Gasteiger partial charge in [0.15, 0.2) is 0 Å². The minimum atomic E-state index is -5.48. The van der Waals surface area contributed by atoms with Crippen molar-refractivity contribution in [2.45, 2.75) is 10.8 Å². The maximum absolute atomic E-state index is 12.0. The lowest BCUT2D eigenvalue weighted by atomic mass is 10.8. The van der Waals surface area contributed by atoms with E-state index in [-0.39, 0.29) is 0 Å². The molecule has 5 nitrogen and oxygen atoms in total. The Morgan fingerprint density at radius 1 is 1.21 bits per heavy atom. The smallest absolute Gasteiger partial charge is 0.217 e. The van der Waals surface area contributed by atoms with E-state index in [9.17, 15) is 30.0 Å². The zero-order valence-corrected chi connectivity index (χ0v) is 8.93. The Kier molecular flexibility index (Phi) is 3.82. The van der Waals surface area contributed by atoms with E-state index in [0.717, 1.165) is 0 Å². The van der Waals surface area contributed by atoms with E-state index in [0.29, 0.717) is 7.05 Å². The van der Waals surface area contributed by atoms with Crippen LogP contribution in [0, 0.1) is 0 Å². The number of nitrogens with one attached hydrogen (secondary N) is 1. The molecular formula is C3H5ClF3NO4S2. The molecule has 0 heterocycles. The predicted molar refractivity (Wildman–Crippen MR) is 42.6 cm³/mol. The zero-order chi connectivity index (χ0) is 11.8. The normalized spacial score (nSPS) is 16.6. The number of sulfonamides is 1. The quantitative estimate of drug-likeness (QED) is 0.735. The molecular weight excluding hydrogens is 271 g/mol. The molecule has 0 aromatic carbocycles. The number of rotatable bonds is 3. The van der Waals surface area contributed by atoms with E-state index < -0.39 is 29.8 Å². The highest BCUT2D eigenvalue weighted by Gasteiger charge is 2.56. The Hall–Kier alpha value is -0.0600. The van der Waals surface area contributed by atoms with Gasteiger partial charge in [-0.1, -0.05) is 0 Å². The fourth-order valence-electron chi connectivity index (χ4n) is 0.594. The fourth-order valence-corrected chi connectivity index (χ4v) is 4.14. The fraction of sp³-hybridized carbons (Fsp3) is 1.00. The summed E-state index contributed by atoms with van der Waals surface area (Å²) in [6.45, 7) is 0. The second-order valence-electron chi connectivity index (χ2n) is 2.10. The first kappa shape index (κ1) is 13.9. The lowest BCUT2D eigenvalue weighted by molar-refractivity contribution is -0.114. The molecule has 0 amide bonds. The highest BCUT2D eigenvalue weighted by atomic mass is 35.7. The predicted octanol–water partition coefficient (Wildman–Crippen LogP) is -0.00740. The van der Waals surface area contributed by atoms with Gasteiger partial charge in [-0.2, -0.15) is 13.2 Å². The lowest BCUT2D eigenvalue weighted by Gasteiger charge is -2.16. The minimum Gasteiger partial charge on any atom is -0.217 e. The summed E-state index contributed by atoms with van der Waals surface area (Å²) in [5.74, 6) is 0. The molecule has 0 spiro atoms. The molecule has 0 aliphatic rings. The molecule has 0 aliphatic heterocycles. The molecule has 1 atom stereocenters. The van der Waals surface area contributed by atoms with Crippen molar-refractivity contribution < 1.29 is 30.0 Å². The summed E-state index contributed by atoms with van der Waals surface area (Å²) in [4.78, 5) is 0. The van der Waals surface area contributed by atoms with Gasteiger partial charge in [0.25, 0.3) is 13.6 Å². The van der Waals surface area contributed by atoms with Crippen LogP contribution in [0.15, 0.2) is 0 Å². The average Bonchev–Trinajstić information content (AvgIpc) is 1.79. The first-order valence-electron chi connectivity index (χ1n) is 2.85. The Morgan fingerprint density at radius 2 is 1.57 bits per heavy atom. The molecule has 0 saturated heterocycles. The summed E-state index contributed by atoms with van der Waals surface area (Å²) in [7, 11) is -5.34. The third-order valence-electron chi connectivity index (χ3n) is 1.09. The van der Waals surface area contributed by atoms with Gasteiger partial charge in [0, 0.05) is 10.7 Å². The van der Waals surface area contributed by atoms with E-state index in [4.69, 9.17) is 0 Å². The van der Waals surface area contributed by atoms with Crippen molar-refractivity contribution in [3.05, 3.63) is 0 Å². The van der Waals surface area contributed by atoms with Crippen LogP contribution in [0.3, 0.4) is 0 Å². The van der Waals surface area contributed by atoms with E-state index in [2.05, 4.69) is 10.7 Å². The standard InChI is InChI=1S/C3H5ClF3NO4S2/c1-8-14(11,12)2(3(5,6)7)13(4,9)10/h2,8H,1H3. The van der Waals surface area contributed by atoms with Gasteiger partial charge in [0.2, 0.25) is 10.0 Å². The summed E-state index contributed by atoms with van der Waals surface area (Å²) in [5.41, 5.74) is 0. The number of hydrogen-bond donors (Lipinski definition) is 1. The van der Waals surface area contributed by atoms with Crippen LogP contribution < -0.4 is 4.72 Å². The van der Waals surface area contributed by atoms with Gasteiger partial charge in [-0.3, -0.25) is 0 Å². The van der Waals surface area contributed by atoms with Gasteiger partial charge in [0.05, 0.1) is 0 Å². The van der Waals surface area contributed by atoms with Crippen molar-refractivity contribution in [3.8, 4) is 0 Å². The lowest BCUT2D eigenvalue weighted by Crippen LogP contribution is -2.45. The summed E-state index contributed by atoms with van der Waals surface area (Å²) < 4.78 is 75.8. The average molecular weight is 276 g/mol. The van der Waals surface area contributed by atoms with E-state index in [1.807, 2.05) is 0 Å². The summed E-state index contributed by atoms with van der Waals surface area (Å²) in [6, 6.07) is 0. The molecule has 14 heavy (non-hydrogen) atoms. The Balaban J connectivity index is 5.63. The zero-order valence-electron chi connectivity index (χ0n) is 6.54. The van der Waals surface area contributed by atoms with Gasteiger partial charge in [0.1, 0.15) is 0 Å². The Morgan fingerprint density at radius 3 is 1.64 bits per heavy atom. The number of halogens is 4. The van der Waals surface area contributed by atoms with Crippen molar-refractivity contribution in [2.75, 3.05) is 7.05 Å². The van der Waals surface area contributed by atoms with Gasteiger partial charge in [-0.15, -0.1) is 0 Å². The van der Waals surface area contributed by atoms with Crippen LogP contribution in [-0.2, 0) is 19.1 Å². The number of hydrogen-bond acceptors (Lipinski definition) is 4. The maximum atomic E-state index is 12.0. The largest absolute Gasteiger partial charge is 0.422 e. The molecule has 0 aromatic heterocycles. The van der Waals surface area contributed by atoms with E-state index in [1.165, 1.54) is 4.72 Å². The third kappa shape index (κ3) is 3.26. The highest BCUT2D eigenvalue weighted by molar-refractivity contribution is 8.22. The van der Waals surface area contributed by atoms with Crippen LogP contribution in [0.1, 0.15) is 0 Å². The van der Waals surface area contributed by atoms with Gasteiger partial charge in [-0.05, 0) is 7.05 Å². The molecule has 0 fully saturated rings. The first-order chi connectivity index (χ1) is 5.93. The second-order valence-corrected chi connectivity index (χ2v) is 7.08. The van der Waals surface area contributed by atoms with Crippen LogP contribution >= 0.6 is 10.7 Å². The Labute approximate surface area is 82.7 Å². The third-order valence-corrected chi connectivity index (χ3v) is 5.64. The van der Waals surface area contributed by atoms with Crippen LogP contribution in [0.4, 0.5) is 13.2 Å². The molecule has 1 unspecified atom stereocenters. The molecule has 1 N–H and O–H groups in total. The van der Waals surface area contributed by atoms with Gasteiger partial charge in [-0.25, -0.2) is 21.6 Å². The second kappa shape index (κ2) is 3.83. The van der Waals surface area contributed by atoms with Gasteiger partial charge >= 0.3 is 6.18 Å². The van der Waals surface area contributed by atoms with Crippen molar-refractivity contribution in [1.82, 2.24) is 4.72 Å². The topological polar surface area (TPSA) is 80.3 Å². The van der Waals surface area contributed by atoms with Crippen LogP contribution in [-0.4, -0.2) is 34.6 Å². The highest BCUT2D eigenvalue weighted by Crippen LogP contribution is 2.31. The monoisotopic (exact) mass is 275 g/mol. The Bertz CT molecular complexity index is 398. The first-order valence-corrected chi connectivity index (χ1v) is 6.77. The number of alkyl halides is 3. The molecule has 0 aliphatic carbocycles. The van der Waals surface area contributed by atoms with E-state index >= 15 is 0 Å². The molecule has 0 aromatic rings. The molecule has 0 radical (unpaired) electrons. The van der Waals surface area contributed by atoms with Crippen molar-refractivity contribution in [3.63, 3.8) is 0 Å². The molecule has 86 valence electrons. The van der Waals surface area contributed by atoms with Crippen molar-refractivity contribution >= 4 is 29.8 Å². The molecule has 0 saturated carbocycles. The molecule has 0 rings (SSSR count). The van der Waals surface area contributed by atoms with E-state index in [1.54, 1.807) is 0 Å². The van der Waals surface area contributed by atoms with Crippen LogP contribution in [0.2, 0.25) is 0 Å².